The molecule has 0 atom stereocenters. The summed E-state index contributed by atoms with van der Waals surface area (Å²) in [6.07, 6.45) is 3.49. The third-order valence-electron chi connectivity index (χ3n) is 4.18. The molecule has 0 fully saturated rings. The van der Waals surface area contributed by atoms with Gasteiger partial charge in [-0.25, -0.2) is 0 Å². The first kappa shape index (κ1) is 14.6. The maximum absolute atomic E-state index is 11.9. The van der Waals surface area contributed by atoms with Crippen molar-refractivity contribution in [1.82, 2.24) is 5.32 Å². The predicted molar refractivity (Wildman–Crippen MR) is 87.0 cm³/mol. The van der Waals surface area contributed by atoms with E-state index < -0.39 is 0 Å². The number of hydrogen-bond donors (Lipinski definition) is 1. The number of fused-ring (bicyclic) bond motifs is 1. The minimum absolute atomic E-state index is 0.0602. The summed E-state index contributed by atoms with van der Waals surface area (Å²) in [6, 6.07) is 14.2. The van der Waals surface area contributed by atoms with Gasteiger partial charge in [0.1, 0.15) is 5.75 Å². The van der Waals surface area contributed by atoms with Crippen LogP contribution in [0.4, 0.5) is 0 Å². The first-order valence-electron chi connectivity index (χ1n) is 7.78. The smallest absolute Gasteiger partial charge is 0.258 e. The number of nitrogens with one attached hydrogen (secondary N) is 1. The number of benzene rings is 2. The molecule has 1 aliphatic rings. The molecule has 2 aromatic carbocycles. The molecule has 0 saturated heterocycles. The third-order valence-corrected chi connectivity index (χ3v) is 4.18. The quantitative estimate of drug-likeness (QED) is 0.920. The van der Waals surface area contributed by atoms with E-state index in [1.54, 1.807) is 0 Å². The van der Waals surface area contributed by atoms with Crippen molar-refractivity contribution in [3.63, 3.8) is 0 Å². The number of carbonyl (C=O) groups excluding carboxylic acids is 1. The van der Waals surface area contributed by atoms with E-state index in [4.69, 9.17) is 4.74 Å². The average molecular weight is 295 g/mol. The molecule has 0 saturated carbocycles. The van der Waals surface area contributed by atoms with Gasteiger partial charge >= 0.3 is 0 Å². The number of ether oxygens (including phenoxy) is 1. The zero-order valence-corrected chi connectivity index (χ0v) is 12.9. The standard InChI is InChI=1S/C19H21NO2/c1-14-5-2-3-6-17(14)12-20-19(21)13-22-18-10-9-15-7-4-8-16(15)11-18/h2-3,5-6,9-11H,4,7-8,12-13H2,1H3,(H,20,21). The first-order valence-corrected chi connectivity index (χ1v) is 7.78. The second-order valence-electron chi connectivity index (χ2n) is 5.78. The molecule has 0 bridgehead atoms. The van der Waals surface area contributed by atoms with Crippen LogP contribution in [0, 0.1) is 6.92 Å². The molecule has 0 heterocycles. The molecule has 2 aromatic rings. The van der Waals surface area contributed by atoms with Gasteiger partial charge in [0.2, 0.25) is 0 Å². The van der Waals surface area contributed by atoms with Crippen molar-refractivity contribution in [1.29, 1.82) is 0 Å². The normalized spacial score (nSPS) is 12.8. The summed E-state index contributed by atoms with van der Waals surface area (Å²) in [5, 5.41) is 2.90. The van der Waals surface area contributed by atoms with Gasteiger partial charge in [0.15, 0.2) is 6.61 Å². The lowest BCUT2D eigenvalue weighted by molar-refractivity contribution is -0.123. The van der Waals surface area contributed by atoms with E-state index in [0.717, 1.165) is 24.2 Å². The Morgan fingerprint density at radius 2 is 1.95 bits per heavy atom. The van der Waals surface area contributed by atoms with E-state index in [-0.39, 0.29) is 12.5 Å². The average Bonchev–Trinajstić information content (AvgIpc) is 2.99. The van der Waals surface area contributed by atoms with Crippen LogP contribution in [0.2, 0.25) is 0 Å². The summed E-state index contributed by atoms with van der Waals surface area (Å²) in [4.78, 5) is 11.9. The van der Waals surface area contributed by atoms with E-state index in [1.807, 2.05) is 37.3 Å². The molecule has 3 heteroatoms. The van der Waals surface area contributed by atoms with Crippen LogP contribution in [0.3, 0.4) is 0 Å². The summed E-state index contributed by atoms with van der Waals surface area (Å²) >= 11 is 0. The van der Waals surface area contributed by atoms with Crippen LogP contribution in [0.15, 0.2) is 42.5 Å². The van der Waals surface area contributed by atoms with Crippen molar-refractivity contribution in [2.75, 3.05) is 6.61 Å². The van der Waals surface area contributed by atoms with Crippen molar-refractivity contribution in [3.05, 3.63) is 64.7 Å². The number of hydrogen-bond acceptors (Lipinski definition) is 2. The van der Waals surface area contributed by atoms with Crippen molar-refractivity contribution in [2.24, 2.45) is 0 Å². The molecular formula is C19H21NO2. The second-order valence-corrected chi connectivity index (χ2v) is 5.78. The number of amides is 1. The van der Waals surface area contributed by atoms with Gasteiger partial charge in [0.05, 0.1) is 0 Å². The molecule has 0 unspecified atom stereocenters. The second kappa shape index (κ2) is 6.65. The molecule has 22 heavy (non-hydrogen) atoms. The van der Waals surface area contributed by atoms with Gasteiger partial charge in [-0.15, -0.1) is 0 Å². The molecule has 3 nitrogen and oxygen atoms in total. The van der Waals surface area contributed by atoms with Gasteiger partial charge in [-0.1, -0.05) is 30.3 Å². The highest BCUT2D eigenvalue weighted by Gasteiger charge is 2.11. The van der Waals surface area contributed by atoms with Crippen LogP contribution in [0.25, 0.3) is 0 Å². The molecule has 1 aliphatic carbocycles. The van der Waals surface area contributed by atoms with Gasteiger partial charge in [-0.05, 0) is 60.6 Å². The predicted octanol–water partition coefficient (Wildman–Crippen LogP) is 3.18. The van der Waals surface area contributed by atoms with Crippen molar-refractivity contribution in [3.8, 4) is 5.75 Å². The summed E-state index contributed by atoms with van der Waals surface area (Å²) in [5.74, 6) is 0.690. The van der Waals surface area contributed by atoms with Gasteiger partial charge < -0.3 is 10.1 Å². The molecule has 0 radical (unpaired) electrons. The van der Waals surface area contributed by atoms with E-state index in [9.17, 15) is 4.79 Å². The lowest BCUT2D eigenvalue weighted by Gasteiger charge is -2.10. The van der Waals surface area contributed by atoms with Crippen LogP contribution in [0.1, 0.15) is 28.7 Å². The fraction of sp³-hybridized carbons (Fsp3) is 0.316. The van der Waals surface area contributed by atoms with Crippen molar-refractivity contribution in [2.45, 2.75) is 32.7 Å². The van der Waals surface area contributed by atoms with Crippen molar-refractivity contribution < 1.29 is 9.53 Å². The molecule has 1 N–H and O–H groups in total. The SMILES string of the molecule is Cc1ccccc1CNC(=O)COc1ccc2c(c1)CCC2. The Bertz CT molecular complexity index is 679. The molecule has 0 aromatic heterocycles. The number of aryl methyl sites for hydroxylation is 3. The summed E-state index contributed by atoms with van der Waals surface area (Å²) in [7, 11) is 0. The van der Waals surface area contributed by atoms with Crippen LogP contribution >= 0.6 is 0 Å². The molecular weight excluding hydrogens is 274 g/mol. The molecule has 0 aliphatic heterocycles. The highest BCUT2D eigenvalue weighted by Crippen LogP contribution is 2.25. The first-order chi connectivity index (χ1) is 10.7. The van der Waals surface area contributed by atoms with Gasteiger partial charge in [-0.3, -0.25) is 4.79 Å². The fourth-order valence-electron chi connectivity index (χ4n) is 2.84. The van der Waals surface area contributed by atoms with E-state index >= 15 is 0 Å². The Morgan fingerprint density at radius 3 is 2.82 bits per heavy atom. The summed E-state index contributed by atoms with van der Waals surface area (Å²) < 4.78 is 5.60. The summed E-state index contributed by atoms with van der Waals surface area (Å²) in [5.41, 5.74) is 5.09. The Labute approximate surface area is 131 Å². The third kappa shape index (κ3) is 3.48. The zero-order valence-electron chi connectivity index (χ0n) is 12.9. The Hall–Kier alpha value is -2.29. The monoisotopic (exact) mass is 295 g/mol. The Balaban J connectivity index is 1.49. The number of rotatable bonds is 5. The lowest BCUT2D eigenvalue weighted by atomic mass is 10.1. The Kier molecular flexibility index (Phi) is 4.42. The van der Waals surface area contributed by atoms with Crippen LogP contribution in [-0.2, 0) is 24.2 Å². The fourth-order valence-corrected chi connectivity index (χ4v) is 2.84. The molecule has 3 rings (SSSR count). The minimum atomic E-state index is -0.0937. The highest BCUT2D eigenvalue weighted by atomic mass is 16.5. The van der Waals surface area contributed by atoms with Crippen LogP contribution < -0.4 is 10.1 Å². The zero-order chi connectivity index (χ0) is 15.4. The number of carbonyl (C=O) groups is 1. The van der Waals surface area contributed by atoms with Gasteiger partial charge in [-0.2, -0.15) is 0 Å². The Morgan fingerprint density at radius 1 is 1.14 bits per heavy atom. The van der Waals surface area contributed by atoms with Gasteiger partial charge in [0, 0.05) is 6.54 Å². The maximum Gasteiger partial charge on any atom is 0.258 e. The summed E-state index contributed by atoms with van der Waals surface area (Å²) in [6.45, 7) is 2.65. The van der Waals surface area contributed by atoms with E-state index in [0.29, 0.717) is 6.54 Å². The lowest BCUT2D eigenvalue weighted by Crippen LogP contribution is -2.28. The molecule has 1 amide bonds. The topological polar surface area (TPSA) is 38.3 Å². The van der Waals surface area contributed by atoms with E-state index in [1.165, 1.54) is 23.1 Å². The largest absolute Gasteiger partial charge is 0.484 e. The van der Waals surface area contributed by atoms with E-state index in [2.05, 4.69) is 17.4 Å². The highest BCUT2D eigenvalue weighted by molar-refractivity contribution is 5.77. The molecule has 114 valence electrons. The van der Waals surface area contributed by atoms with Gasteiger partial charge in [0.25, 0.3) is 5.91 Å². The van der Waals surface area contributed by atoms with Crippen LogP contribution in [-0.4, -0.2) is 12.5 Å². The van der Waals surface area contributed by atoms with Crippen molar-refractivity contribution >= 4 is 5.91 Å². The maximum atomic E-state index is 11.9. The van der Waals surface area contributed by atoms with Crippen LogP contribution in [0.5, 0.6) is 5.75 Å². The molecule has 0 spiro atoms. The minimum Gasteiger partial charge on any atom is -0.484 e.